The first-order chi connectivity index (χ1) is 5.57. The minimum atomic E-state index is -0.689. The lowest BCUT2D eigenvalue weighted by Gasteiger charge is -1.99. The van der Waals surface area contributed by atoms with E-state index in [9.17, 15) is 14.4 Å². The molecule has 0 unspecified atom stereocenters. The number of rotatable bonds is 1. The topological polar surface area (TPSA) is 97.9 Å². The van der Waals surface area contributed by atoms with Crippen molar-refractivity contribution in [2.75, 3.05) is 5.73 Å². The summed E-state index contributed by atoms with van der Waals surface area (Å²) < 4.78 is 0.778. The molecule has 0 aliphatic carbocycles. The van der Waals surface area contributed by atoms with Gasteiger partial charge in [-0.25, -0.2) is 4.79 Å². The molecular formula is C6H7N3O3. The number of nitrogens with two attached hydrogens (primary N) is 1. The van der Waals surface area contributed by atoms with E-state index in [0.29, 0.717) is 6.29 Å². The summed E-state index contributed by atoms with van der Waals surface area (Å²) >= 11 is 0. The molecule has 0 radical (unpaired) electrons. The number of hydrogen-bond acceptors (Lipinski definition) is 4. The third-order valence-electron chi connectivity index (χ3n) is 1.49. The molecule has 1 rings (SSSR count). The van der Waals surface area contributed by atoms with Gasteiger partial charge < -0.3 is 5.73 Å². The van der Waals surface area contributed by atoms with Gasteiger partial charge in [-0.1, -0.05) is 0 Å². The van der Waals surface area contributed by atoms with Crippen molar-refractivity contribution in [2.45, 2.75) is 0 Å². The Kier molecular flexibility index (Phi) is 1.82. The van der Waals surface area contributed by atoms with E-state index in [1.165, 1.54) is 7.05 Å². The fraction of sp³-hybridized carbons (Fsp3) is 0.167. The van der Waals surface area contributed by atoms with Gasteiger partial charge in [0.1, 0.15) is 11.4 Å². The van der Waals surface area contributed by atoms with Crippen LogP contribution in [0.5, 0.6) is 0 Å². The summed E-state index contributed by atoms with van der Waals surface area (Å²) in [5.41, 5.74) is 3.65. The molecule has 0 aliphatic rings. The second kappa shape index (κ2) is 2.65. The van der Waals surface area contributed by atoms with Crippen molar-refractivity contribution < 1.29 is 4.79 Å². The normalized spacial score (nSPS) is 9.75. The number of anilines is 1. The highest BCUT2D eigenvalue weighted by Crippen LogP contribution is 1.92. The average Bonchev–Trinajstić information content (AvgIpc) is 2.01. The Bertz CT molecular complexity index is 429. The fourth-order valence-corrected chi connectivity index (χ4v) is 0.768. The van der Waals surface area contributed by atoms with Gasteiger partial charge in [-0.05, 0) is 0 Å². The summed E-state index contributed by atoms with van der Waals surface area (Å²) in [7, 11) is 1.26. The van der Waals surface area contributed by atoms with E-state index in [1.807, 2.05) is 0 Å². The first-order valence-corrected chi connectivity index (χ1v) is 3.12. The second-order valence-electron chi connectivity index (χ2n) is 2.24. The van der Waals surface area contributed by atoms with Gasteiger partial charge in [-0.2, -0.15) is 0 Å². The molecule has 0 amide bonds. The number of nitrogens with one attached hydrogen (secondary N) is 1. The molecule has 1 heterocycles. The standard InChI is InChI=1S/C6H7N3O3/c1-9-5(11)3(2-10)4(7)8-6(9)12/h2H,7H2,1H3,(H,8,12). The summed E-state index contributed by atoms with van der Waals surface area (Å²) in [6.07, 6.45) is 0.313. The van der Waals surface area contributed by atoms with Crippen LogP contribution in [-0.2, 0) is 7.05 Å². The van der Waals surface area contributed by atoms with Crippen molar-refractivity contribution in [3.8, 4) is 0 Å². The van der Waals surface area contributed by atoms with Gasteiger partial charge in [-0.15, -0.1) is 0 Å². The van der Waals surface area contributed by atoms with E-state index < -0.39 is 11.2 Å². The molecule has 1 aromatic heterocycles. The monoisotopic (exact) mass is 169 g/mol. The summed E-state index contributed by atoms with van der Waals surface area (Å²) in [6, 6.07) is 0. The molecule has 0 aromatic carbocycles. The second-order valence-corrected chi connectivity index (χ2v) is 2.24. The van der Waals surface area contributed by atoms with Gasteiger partial charge in [0, 0.05) is 7.05 Å². The van der Waals surface area contributed by atoms with Crippen LogP contribution in [0.15, 0.2) is 9.59 Å². The summed E-state index contributed by atoms with van der Waals surface area (Å²) in [4.78, 5) is 34.4. The minimum Gasteiger partial charge on any atom is -0.384 e. The van der Waals surface area contributed by atoms with Crippen molar-refractivity contribution in [1.82, 2.24) is 9.55 Å². The number of hydrogen-bond donors (Lipinski definition) is 2. The van der Waals surface area contributed by atoms with E-state index in [1.54, 1.807) is 0 Å². The molecule has 6 heteroatoms. The third kappa shape index (κ3) is 1.03. The number of nitrogens with zero attached hydrogens (tertiary/aromatic N) is 1. The van der Waals surface area contributed by atoms with Crippen molar-refractivity contribution in [3.05, 3.63) is 26.4 Å². The van der Waals surface area contributed by atoms with Gasteiger partial charge in [-0.3, -0.25) is 19.1 Å². The lowest BCUT2D eigenvalue weighted by Crippen LogP contribution is -2.35. The van der Waals surface area contributed by atoms with Gasteiger partial charge >= 0.3 is 5.69 Å². The fourth-order valence-electron chi connectivity index (χ4n) is 0.768. The molecule has 1 aromatic rings. The van der Waals surface area contributed by atoms with Crippen LogP contribution >= 0.6 is 0 Å². The van der Waals surface area contributed by atoms with Gasteiger partial charge in [0.25, 0.3) is 5.56 Å². The molecule has 0 bridgehead atoms. The number of aromatic amines is 1. The predicted octanol–water partition coefficient (Wildman–Crippen LogP) is -1.53. The molecule has 0 spiro atoms. The summed E-state index contributed by atoms with van der Waals surface area (Å²) in [5.74, 6) is -0.196. The molecule has 0 saturated heterocycles. The Morgan fingerprint density at radius 2 is 2.08 bits per heavy atom. The molecule has 0 saturated carbocycles. The zero-order valence-corrected chi connectivity index (χ0v) is 6.33. The van der Waals surface area contributed by atoms with E-state index >= 15 is 0 Å². The lowest BCUT2D eigenvalue weighted by molar-refractivity contribution is 0.112. The van der Waals surface area contributed by atoms with Crippen molar-refractivity contribution in [2.24, 2.45) is 7.05 Å². The Hall–Kier alpha value is -1.85. The number of carbonyl (C=O) groups excluding carboxylic acids is 1. The van der Waals surface area contributed by atoms with Gasteiger partial charge in [0.2, 0.25) is 0 Å². The van der Waals surface area contributed by atoms with Crippen LogP contribution in [0.1, 0.15) is 10.4 Å². The van der Waals surface area contributed by atoms with Crippen LogP contribution in [0, 0.1) is 0 Å². The summed E-state index contributed by atoms with van der Waals surface area (Å²) in [5, 5.41) is 0. The quantitative estimate of drug-likeness (QED) is 0.498. The van der Waals surface area contributed by atoms with Crippen LogP contribution in [0.25, 0.3) is 0 Å². The van der Waals surface area contributed by atoms with E-state index in [4.69, 9.17) is 5.73 Å². The van der Waals surface area contributed by atoms with Gasteiger partial charge in [0.05, 0.1) is 0 Å². The highest BCUT2D eigenvalue weighted by atomic mass is 16.2. The van der Waals surface area contributed by atoms with E-state index in [2.05, 4.69) is 4.98 Å². The van der Waals surface area contributed by atoms with E-state index in [0.717, 1.165) is 4.57 Å². The van der Waals surface area contributed by atoms with Crippen LogP contribution < -0.4 is 17.0 Å². The Morgan fingerprint density at radius 1 is 1.50 bits per heavy atom. The third-order valence-corrected chi connectivity index (χ3v) is 1.49. The van der Waals surface area contributed by atoms with Crippen molar-refractivity contribution in [1.29, 1.82) is 0 Å². The van der Waals surface area contributed by atoms with Crippen molar-refractivity contribution in [3.63, 3.8) is 0 Å². The maximum absolute atomic E-state index is 11.1. The number of aldehydes is 1. The Labute approximate surface area is 66.6 Å². The average molecular weight is 169 g/mol. The molecule has 3 N–H and O–H groups in total. The highest BCUT2D eigenvalue weighted by molar-refractivity contribution is 5.80. The molecule has 0 atom stereocenters. The Morgan fingerprint density at radius 3 is 2.58 bits per heavy atom. The van der Waals surface area contributed by atoms with Gasteiger partial charge in [0.15, 0.2) is 6.29 Å². The van der Waals surface area contributed by atoms with Crippen LogP contribution in [-0.4, -0.2) is 15.8 Å². The highest BCUT2D eigenvalue weighted by Gasteiger charge is 2.07. The van der Waals surface area contributed by atoms with Crippen LogP contribution in [0.3, 0.4) is 0 Å². The van der Waals surface area contributed by atoms with Crippen LogP contribution in [0.2, 0.25) is 0 Å². The Balaban J connectivity index is 3.75. The number of nitrogen functional groups attached to an aromatic ring is 1. The number of carbonyl (C=O) groups is 1. The maximum atomic E-state index is 11.1. The zero-order chi connectivity index (χ0) is 9.30. The summed E-state index contributed by atoms with van der Waals surface area (Å²) in [6.45, 7) is 0. The molecule has 64 valence electrons. The molecule has 0 fully saturated rings. The predicted molar refractivity (Wildman–Crippen MR) is 42.1 cm³/mol. The van der Waals surface area contributed by atoms with E-state index in [-0.39, 0.29) is 11.4 Å². The first-order valence-electron chi connectivity index (χ1n) is 3.12. The largest absolute Gasteiger partial charge is 0.384 e. The smallest absolute Gasteiger partial charge is 0.329 e. The number of aromatic nitrogens is 2. The lowest BCUT2D eigenvalue weighted by atomic mass is 10.3. The number of H-pyrrole nitrogens is 1. The maximum Gasteiger partial charge on any atom is 0.329 e. The molecule has 12 heavy (non-hydrogen) atoms. The minimum absolute atomic E-state index is 0.196. The van der Waals surface area contributed by atoms with Crippen LogP contribution in [0.4, 0.5) is 5.82 Å². The SMILES string of the molecule is Cn1c(=O)[nH]c(N)c(C=O)c1=O. The molecular weight excluding hydrogens is 162 g/mol. The molecule has 6 nitrogen and oxygen atoms in total. The first kappa shape index (κ1) is 8.25. The zero-order valence-electron chi connectivity index (χ0n) is 6.33. The van der Waals surface area contributed by atoms with Crippen molar-refractivity contribution >= 4 is 12.1 Å². The molecule has 0 aliphatic heterocycles.